The summed E-state index contributed by atoms with van der Waals surface area (Å²) in [6, 6.07) is 4.15. The van der Waals surface area contributed by atoms with E-state index in [-0.39, 0.29) is 17.9 Å². The van der Waals surface area contributed by atoms with E-state index in [0.29, 0.717) is 5.75 Å². The van der Waals surface area contributed by atoms with Crippen LogP contribution >= 0.6 is 0 Å². The number of carbonyl (C=O) groups is 2. The Morgan fingerprint density at radius 1 is 1.18 bits per heavy atom. The molecule has 4 N–H and O–H groups in total. The second-order valence-electron chi connectivity index (χ2n) is 5.71. The Labute approximate surface area is 131 Å². The lowest BCUT2D eigenvalue weighted by Crippen LogP contribution is -2.51. The van der Waals surface area contributed by atoms with Crippen molar-refractivity contribution >= 4 is 11.9 Å². The minimum absolute atomic E-state index is 0.0703. The summed E-state index contributed by atoms with van der Waals surface area (Å²) in [5, 5.41) is 5.37. The molecule has 1 aromatic carbocycles. The van der Waals surface area contributed by atoms with Crippen molar-refractivity contribution in [2.75, 3.05) is 7.11 Å². The summed E-state index contributed by atoms with van der Waals surface area (Å²) in [5.41, 5.74) is 7.09. The number of carbonyl (C=O) groups excluding carboxylic acids is 2. The van der Waals surface area contributed by atoms with Crippen molar-refractivity contribution in [3.63, 3.8) is 0 Å². The highest BCUT2D eigenvalue weighted by Crippen LogP contribution is 2.26. The third kappa shape index (κ3) is 4.65. The van der Waals surface area contributed by atoms with Crippen LogP contribution in [0.4, 0.5) is 4.79 Å². The number of primary amides is 1. The fourth-order valence-electron chi connectivity index (χ4n) is 2.26. The average molecular weight is 307 g/mol. The number of urea groups is 1. The molecule has 0 fully saturated rings. The van der Waals surface area contributed by atoms with Gasteiger partial charge in [-0.3, -0.25) is 4.79 Å². The third-order valence-corrected chi connectivity index (χ3v) is 3.46. The van der Waals surface area contributed by atoms with Gasteiger partial charge in [-0.05, 0) is 25.8 Å². The number of hydrogen-bond donors (Lipinski definition) is 3. The summed E-state index contributed by atoms with van der Waals surface area (Å²) >= 11 is 0. The molecule has 0 bridgehead atoms. The number of aryl methyl sites for hydroxylation is 1. The zero-order chi connectivity index (χ0) is 16.9. The van der Waals surface area contributed by atoms with Crippen molar-refractivity contribution < 1.29 is 14.3 Å². The monoisotopic (exact) mass is 307 g/mol. The maximum Gasteiger partial charge on any atom is 0.312 e. The van der Waals surface area contributed by atoms with E-state index >= 15 is 0 Å². The van der Waals surface area contributed by atoms with E-state index in [2.05, 4.69) is 10.6 Å². The number of nitrogens with two attached hydrogens (primary N) is 1. The lowest BCUT2D eigenvalue weighted by atomic mass is 10.0. The predicted octanol–water partition coefficient (Wildman–Crippen LogP) is 1.87. The molecular formula is C16H25N3O3. The first-order valence-corrected chi connectivity index (χ1v) is 7.27. The topological polar surface area (TPSA) is 93.4 Å². The molecule has 0 saturated carbocycles. The largest absolute Gasteiger partial charge is 0.496 e. The molecule has 0 aliphatic heterocycles. The van der Waals surface area contributed by atoms with Crippen LogP contribution in [0, 0.1) is 12.8 Å². The van der Waals surface area contributed by atoms with Gasteiger partial charge in [-0.25, -0.2) is 4.79 Å². The summed E-state index contributed by atoms with van der Waals surface area (Å²) in [6.07, 6.45) is 0. The molecule has 1 aromatic rings. The minimum Gasteiger partial charge on any atom is -0.496 e. The van der Waals surface area contributed by atoms with Crippen LogP contribution in [0.3, 0.4) is 0 Å². The first-order chi connectivity index (χ1) is 10.3. The van der Waals surface area contributed by atoms with Crippen molar-refractivity contribution in [2.45, 2.75) is 39.8 Å². The molecule has 3 amide bonds. The Morgan fingerprint density at radius 2 is 1.82 bits per heavy atom. The van der Waals surface area contributed by atoms with E-state index < -0.39 is 12.1 Å². The van der Waals surface area contributed by atoms with E-state index in [9.17, 15) is 9.59 Å². The molecule has 0 saturated heterocycles. The molecule has 6 nitrogen and oxygen atoms in total. The van der Waals surface area contributed by atoms with E-state index in [1.807, 2.05) is 45.9 Å². The van der Waals surface area contributed by atoms with Crippen molar-refractivity contribution in [3.8, 4) is 5.75 Å². The van der Waals surface area contributed by atoms with E-state index in [1.165, 1.54) is 0 Å². The van der Waals surface area contributed by atoms with Gasteiger partial charge >= 0.3 is 6.03 Å². The fourth-order valence-corrected chi connectivity index (χ4v) is 2.26. The van der Waals surface area contributed by atoms with Crippen LogP contribution in [0.2, 0.25) is 0 Å². The quantitative estimate of drug-likeness (QED) is 0.749. The Kier molecular flexibility index (Phi) is 6.22. The molecule has 1 rings (SSSR count). The van der Waals surface area contributed by atoms with Crippen LogP contribution in [0.1, 0.15) is 37.9 Å². The zero-order valence-electron chi connectivity index (χ0n) is 13.8. The normalized spacial score (nSPS) is 13.4. The molecule has 0 spiro atoms. The Bertz CT molecular complexity index is 543. The molecule has 22 heavy (non-hydrogen) atoms. The Hall–Kier alpha value is -2.24. The highest BCUT2D eigenvalue weighted by atomic mass is 16.5. The first-order valence-electron chi connectivity index (χ1n) is 7.27. The average Bonchev–Trinajstić information content (AvgIpc) is 2.43. The Balaban J connectivity index is 2.90. The van der Waals surface area contributed by atoms with Gasteiger partial charge in [0.1, 0.15) is 11.8 Å². The van der Waals surface area contributed by atoms with Gasteiger partial charge in [0.2, 0.25) is 5.91 Å². The zero-order valence-corrected chi connectivity index (χ0v) is 13.8. The van der Waals surface area contributed by atoms with Crippen LogP contribution in [-0.2, 0) is 4.79 Å². The van der Waals surface area contributed by atoms with Crippen LogP contribution < -0.4 is 21.1 Å². The van der Waals surface area contributed by atoms with Crippen LogP contribution in [-0.4, -0.2) is 25.1 Å². The van der Waals surface area contributed by atoms with Gasteiger partial charge in [0.25, 0.3) is 0 Å². The second-order valence-corrected chi connectivity index (χ2v) is 5.71. The van der Waals surface area contributed by atoms with Crippen molar-refractivity contribution in [1.29, 1.82) is 0 Å². The molecule has 0 heterocycles. The van der Waals surface area contributed by atoms with Crippen LogP contribution in [0.5, 0.6) is 5.75 Å². The molecule has 6 heteroatoms. The summed E-state index contributed by atoms with van der Waals surface area (Å²) in [5.74, 6) is 0.367. The SMILES string of the molecule is COc1ccc(C)cc1C(C)NC(=O)C(NC(N)=O)C(C)C. The number of ether oxygens (including phenoxy) is 1. The summed E-state index contributed by atoms with van der Waals surface area (Å²) in [4.78, 5) is 23.4. The molecule has 0 aliphatic carbocycles. The smallest absolute Gasteiger partial charge is 0.312 e. The van der Waals surface area contributed by atoms with Crippen LogP contribution in [0.25, 0.3) is 0 Å². The molecule has 2 atom stereocenters. The van der Waals surface area contributed by atoms with Gasteiger partial charge in [0.15, 0.2) is 0 Å². The number of nitrogens with one attached hydrogen (secondary N) is 2. The predicted molar refractivity (Wildman–Crippen MR) is 85.6 cm³/mol. The van der Waals surface area contributed by atoms with Gasteiger partial charge in [0, 0.05) is 5.56 Å². The number of rotatable bonds is 6. The molecule has 122 valence electrons. The molecule has 0 aromatic heterocycles. The molecule has 0 radical (unpaired) electrons. The van der Waals surface area contributed by atoms with Gasteiger partial charge < -0.3 is 21.1 Å². The van der Waals surface area contributed by atoms with Gasteiger partial charge in [-0.15, -0.1) is 0 Å². The number of methoxy groups -OCH3 is 1. The van der Waals surface area contributed by atoms with Crippen LogP contribution in [0.15, 0.2) is 18.2 Å². The first kappa shape index (κ1) is 17.8. The van der Waals surface area contributed by atoms with Crippen molar-refractivity contribution in [1.82, 2.24) is 10.6 Å². The Morgan fingerprint density at radius 3 is 2.32 bits per heavy atom. The molecule has 2 unspecified atom stereocenters. The lowest BCUT2D eigenvalue weighted by Gasteiger charge is -2.24. The number of hydrogen-bond acceptors (Lipinski definition) is 3. The maximum absolute atomic E-state index is 12.4. The summed E-state index contributed by atoms with van der Waals surface area (Å²) in [6.45, 7) is 7.54. The highest BCUT2D eigenvalue weighted by Gasteiger charge is 2.25. The van der Waals surface area contributed by atoms with E-state index in [0.717, 1.165) is 11.1 Å². The minimum atomic E-state index is -0.713. The second kappa shape index (κ2) is 7.68. The van der Waals surface area contributed by atoms with Gasteiger partial charge in [-0.2, -0.15) is 0 Å². The van der Waals surface area contributed by atoms with E-state index in [1.54, 1.807) is 7.11 Å². The summed E-state index contributed by atoms with van der Waals surface area (Å²) < 4.78 is 5.33. The fraction of sp³-hybridized carbons (Fsp3) is 0.500. The summed E-state index contributed by atoms with van der Waals surface area (Å²) in [7, 11) is 1.59. The van der Waals surface area contributed by atoms with Crippen molar-refractivity contribution in [2.24, 2.45) is 11.7 Å². The van der Waals surface area contributed by atoms with Gasteiger partial charge in [0.05, 0.1) is 13.2 Å². The maximum atomic E-state index is 12.4. The highest BCUT2D eigenvalue weighted by molar-refractivity contribution is 5.87. The number of amides is 3. The number of benzene rings is 1. The molecular weight excluding hydrogens is 282 g/mol. The van der Waals surface area contributed by atoms with Crippen molar-refractivity contribution in [3.05, 3.63) is 29.3 Å². The van der Waals surface area contributed by atoms with Gasteiger partial charge in [-0.1, -0.05) is 31.5 Å². The van der Waals surface area contributed by atoms with E-state index in [4.69, 9.17) is 10.5 Å². The standard InChI is InChI=1S/C16H25N3O3/c1-9(2)14(19-16(17)21)15(20)18-11(4)12-8-10(3)6-7-13(12)22-5/h6-9,11,14H,1-5H3,(H,18,20)(H3,17,19,21). The lowest BCUT2D eigenvalue weighted by molar-refractivity contribution is -0.124. The molecule has 0 aliphatic rings. The third-order valence-electron chi connectivity index (χ3n) is 3.46.